The average molecular weight is 284 g/mol. The predicted octanol–water partition coefficient (Wildman–Crippen LogP) is 1.26. The highest BCUT2D eigenvalue weighted by Gasteiger charge is 2.39. The van der Waals surface area contributed by atoms with Crippen molar-refractivity contribution in [1.82, 2.24) is 9.80 Å². The topological polar surface area (TPSA) is 70.1 Å². The third-order valence-electron chi connectivity index (χ3n) is 4.61. The standard InChI is InChI=1S/C14H24N2O4/c1-14(12(17)18)4-7-15(8-5-14)13(19)16-6-3-11(9-16)10-20-2/h11H,3-10H2,1-2H3,(H,17,18). The lowest BCUT2D eigenvalue weighted by Crippen LogP contribution is -2.49. The average Bonchev–Trinajstić information content (AvgIpc) is 2.88. The molecule has 2 aliphatic rings. The van der Waals surface area contributed by atoms with Gasteiger partial charge in [-0.15, -0.1) is 0 Å². The maximum atomic E-state index is 12.4. The van der Waals surface area contributed by atoms with E-state index in [1.807, 2.05) is 4.90 Å². The monoisotopic (exact) mass is 284 g/mol. The Hall–Kier alpha value is -1.30. The Kier molecular flexibility index (Phi) is 4.52. The molecule has 0 bridgehead atoms. The van der Waals surface area contributed by atoms with Crippen LogP contribution in [0.5, 0.6) is 0 Å². The fourth-order valence-electron chi connectivity index (χ4n) is 2.98. The van der Waals surface area contributed by atoms with E-state index in [0.29, 0.717) is 38.5 Å². The molecule has 2 rings (SSSR count). The van der Waals surface area contributed by atoms with E-state index in [0.717, 1.165) is 19.5 Å². The minimum atomic E-state index is -0.758. The summed E-state index contributed by atoms with van der Waals surface area (Å²) in [6.45, 7) is 5.06. The van der Waals surface area contributed by atoms with E-state index in [-0.39, 0.29) is 6.03 Å². The number of carboxylic acid groups (broad SMARTS) is 1. The van der Waals surface area contributed by atoms with Crippen LogP contribution in [0, 0.1) is 11.3 Å². The van der Waals surface area contributed by atoms with Crippen LogP contribution in [0.2, 0.25) is 0 Å². The molecule has 6 heteroatoms. The van der Waals surface area contributed by atoms with Gasteiger partial charge >= 0.3 is 12.0 Å². The first-order chi connectivity index (χ1) is 9.46. The molecule has 114 valence electrons. The van der Waals surface area contributed by atoms with Gasteiger partial charge in [-0.05, 0) is 26.2 Å². The van der Waals surface area contributed by atoms with Gasteiger partial charge in [0, 0.05) is 39.2 Å². The zero-order chi connectivity index (χ0) is 14.8. The van der Waals surface area contributed by atoms with Crippen molar-refractivity contribution in [2.75, 3.05) is 39.9 Å². The van der Waals surface area contributed by atoms with E-state index >= 15 is 0 Å². The summed E-state index contributed by atoms with van der Waals surface area (Å²) in [5.74, 6) is -0.330. The number of amides is 2. The molecule has 6 nitrogen and oxygen atoms in total. The Bertz CT molecular complexity index is 377. The van der Waals surface area contributed by atoms with Gasteiger partial charge < -0.3 is 19.6 Å². The molecule has 0 spiro atoms. The van der Waals surface area contributed by atoms with Crippen molar-refractivity contribution in [3.05, 3.63) is 0 Å². The molecular weight excluding hydrogens is 260 g/mol. The molecule has 1 unspecified atom stereocenters. The van der Waals surface area contributed by atoms with Gasteiger partial charge in [0.1, 0.15) is 0 Å². The molecule has 0 saturated carbocycles. The van der Waals surface area contributed by atoms with Crippen molar-refractivity contribution in [1.29, 1.82) is 0 Å². The van der Waals surface area contributed by atoms with Crippen LogP contribution < -0.4 is 0 Å². The molecule has 0 radical (unpaired) electrons. The third kappa shape index (κ3) is 3.06. The van der Waals surface area contributed by atoms with Crippen LogP contribution in [0.3, 0.4) is 0 Å². The largest absolute Gasteiger partial charge is 0.481 e. The second kappa shape index (κ2) is 5.99. The first kappa shape index (κ1) is 15.1. The highest BCUT2D eigenvalue weighted by Crippen LogP contribution is 2.31. The number of nitrogens with zero attached hydrogens (tertiary/aromatic N) is 2. The van der Waals surface area contributed by atoms with Gasteiger partial charge in [-0.2, -0.15) is 0 Å². The summed E-state index contributed by atoms with van der Waals surface area (Å²) in [5, 5.41) is 9.20. The number of piperidine rings is 1. The fraction of sp³-hybridized carbons (Fsp3) is 0.857. The Morgan fingerprint density at radius 1 is 1.25 bits per heavy atom. The molecule has 2 fully saturated rings. The van der Waals surface area contributed by atoms with Crippen molar-refractivity contribution in [3.8, 4) is 0 Å². The van der Waals surface area contributed by atoms with Gasteiger partial charge in [-0.3, -0.25) is 4.79 Å². The normalized spacial score (nSPS) is 25.8. The van der Waals surface area contributed by atoms with Crippen LogP contribution in [-0.2, 0) is 9.53 Å². The van der Waals surface area contributed by atoms with E-state index in [1.54, 1.807) is 18.9 Å². The molecule has 2 amide bonds. The number of rotatable bonds is 3. The summed E-state index contributed by atoms with van der Waals surface area (Å²) in [6.07, 6.45) is 2.05. The number of carboxylic acids is 1. The van der Waals surface area contributed by atoms with Crippen molar-refractivity contribution in [2.45, 2.75) is 26.2 Å². The quantitative estimate of drug-likeness (QED) is 0.847. The molecule has 0 aromatic carbocycles. The summed E-state index contributed by atoms with van der Waals surface area (Å²) in [5.41, 5.74) is -0.680. The van der Waals surface area contributed by atoms with Gasteiger partial charge in [0.15, 0.2) is 0 Å². The Labute approximate surface area is 119 Å². The first-order valence-corrected chi connectivity index (χ1v) is 7.22. The Balaban J connectivity index is 1.85. The van der Waals surface area contributed by atoms with Crippen LogP contribution in [-0.4, -0.2) is 66.8 Å². The van der Waals surface area contributed by atoms with Crippen molar-refractivity contribution in [2.24, 2.45) is 11.3 Å². The highest BCUT2D eigenvalue weighted by atomic mass is 16.5. The number of urea groups is 1. The zero-order valence-corrected chi connectivity index (χ0v) is 12.3. The lowest BCUT2D eigenvalue weighted by atomic mass is 9.80. The fourth-order valence-corrected chi connectivity index (χ4v) is 2.98. The molecule has 2 aliphatic heterocycles. The maximum Gasteiger partial charge on any atom is 0.320 e. The summed E-state index contributed by atoms with van der Waals surface area (Å²) in [4.78, 5) is 27.3. The lowest BCUT2D eigenvalue weighted by Gasteiger charge is -2.38. The summed E-state index contributed by atoms with van der Waals surface area (Å²) >= 11 is 0. The smallest absolute Gasteiger partial charge is 0.320 e. The van der Waals surface area contributed by atoms with E-state index in [4.69, 9.17) is 4.74 Å². The van der Waals surface area contributed by atoms with Gasteiger partial charge in [-0.25, -0.2) is 4.79 Å². The number of likely N-dealkylation sites (tertiary alicyclic amines) is 2. The molecular formula is C14H24N2O4. The molecule has 1 atom stereocenters. The van der Waals surface area contributed by atoms with Gasteiger partial charge in [0.25, 0.3) is 0 Å². The second-order valence-electron chi connectivity index (χ2n) is 6.19. The Morgan fingerprint density at radius 2 is 1.90 bits per heavy atom. The number of aliphatic carboxylic acids is 1. The van der Waals surface area contributed by atoms with Gasteiger partial charge in [-0.1, -0.05) is 0 Å². The number of methoxy groups -OCH3 is 1. The van der Waals surface area contributed by atoms with Crippen molar-refractivity contribution in [3.63, 3.8) is 0 Å². The number of carbonyl (C=O) groups is 2. The molecule has 0 aromatic rings. The molecule has 0 aliphatic carbocycles. The first-order valence-electron chi connectivity index (χ1n) is 7.22. The summed E-state index contributed by atoms with van der Waals surface area (Å²) < 4.78 is 5.14. The lowest BCUT2D eigenvalue weighted by molar-refractivity contribution is -0.150. The number of ether oxygens (including phenoxy) is 1. The minimum Gasteiger partial charge on any atom is -0.481 e. The van der Waals surface area contributed by atoms with Crippen LogP contribution in [0.25, 0.3) is 0 Å². The molecule has 1 N–H and O–H groups in total. The van der Waals surface area contributed by atoms with Gasteiger partial charge in [0.2, 0.25) is 0 Å². The maximum absolute atomic E-state index is 12.4. The predicted molar refractivity (Wildman–Crippen MR) is 73.5 cm³/mol. The van der Waals surface area contributed by atoms with E-state index < -0.39 is 11.4 Å². The third-order valence-corrected chi connectivity index (χ3v) is 4.61. The van der Waals surface area contributed by atoms with E-state index in [9.17, 15) is 14.7 Å². The van der Waals surface area contributed by atoms with Crippen LogP contribution in [0.15, 0.2) is 0 Å². The van der Waals surface area contributed by atoms with E-state index in [2.05, 4.69) is 0 Å². The summed E-state index contributed by atoms with van der Waals surface area (Å²) in [7, 11) is 1.68. The Morgan fingerprint density at radius 3 is 2.45 bits per heavy atom. The second-order valence-corrected chi connectivity index (χ2v) is 6.19. The van der Waals surface area contributed by atoms with Crippen molar-refractivity contribution >= 4 is 12.0 Å². The van der Waals surface area contributed by atoms with Crippen LogP contribution in [0.1, 0.15) is 26.2 Å². The molecule has 20 heavy (non-hydrogen) atoms. The number of hydrogen-bond acceptors (Lipinski definition) is 3. The number of carbonyl (C=O) groups excluding carboxylic acids is 1. The number of hydrogen-bond donors (Lipinski definition) is 1. The summed E-state index contributed by atoms with van der Waals surface area (Å²) in [6, 6.07) is 0.0519. The molecule has 2 heterocycles. The zero-order valence-electron chi connectivity index (χ0n) is 12.3. The highest BCUT2D eigenvalue weighted by molar-refractivity contribution is 5.77. The minimum absolute atomic E-state index is 0.0519. The van der Waals surface area contributed by atoms with E-state index in [1.165, 1.54) is 0 Å². The SMILES string of the molecule is COCC1CCN(C(=O)N2CCC(C)(C(=O)O)CC2)C1. The van der Waals surface area contributed by atoms with Gasteiger partial charge in [0.05, 0.1) is 12.0 Å². The van der Waals surface area contributed by atoms with Crippen LogP contribution >= 0.6 is 0 Å². The van der Waals surface area contributed by atoms with Crippen molar-refractivity contribution < 1.29 is 19.4 Å². The molecule has 0 aromatic heterocycles. The van der Waals surface area contributed by atoms with Crippen LogP contribution in [0.4, 0.5) is 4.79 Å². The molecule has 2 saturated heterocycles.